The Morgan fingerprint density at radius 1 is 1.31 bits per heavy atom. The van der Waals surface area contributed by atoms with Gasteiger partial charge in [-0.1, -0.05) is 0 Å². The van der Waals surface area contributed by atoms with Gasteiger partial charge in [0.2, 0.25) is 0 Å². The number of benzene rings is 1. The molecule has 0 aliphatic heterocycles. The van der Waals surface area contributed by atoms with E-state index >= 15 is 0 Å². The van der Waals surface area contributed by atoms with Gasteiger partial charge >= 0.3 is 128 Å². The molecule has 1 aromatic rings. The van der Waals surface area contributed by atoms with Crippen LogP contribution in [0.4, 0.5) is 0 Å². The van der Waals surface area contributed by atoms with Gasteiger partial charge in [0.25, 0.3) is 0 Å². The maximum absolute atomic E-state index is 11.8. The van der Waals surface area contributed by atoms with Crippen LogP contribution in [0.15, 0.2) is 30.3 Å². The van der Waals surface area contributed by atoms with Crippen LogP contribution in [0, 0.1) is 0 Å². The first-order chi connectivity index (χ1) is 7.49. The quantitative estimate of drug-likeness (QED) is 0.285. The minimum atomic E-state index is -1.15. The van der Waals surface area contributed by atoms with Crippen molar-refractivity contribution in [3.8, 4) is 0 Å². The van der Waals surface area contributed by atoms with Crippen LogP contribution in [0.5, 0.6) is 0 Å². The number of carbonyl (C=O) groups is 2. The van der Waals surface area contributed by atoms with Crippen LogP contribution in [0.2, 0.25) is 0 Å². The van der Waals surface area contributed by atoms with Crippen molar-refractivity contribution < 1.29 is 31.9 Å². The zero-order valence-corrected chi connectivity index (χ0v) is 14.3. The van der Waals surface area contributed by atoms with Crippen molar-refractivity contribution in [2.75, 3.05) is 0 Å². The number of alkyl halides is 2. The second-order valence-corrected chi connectivity index (χ2v) is 11.2. The number of carbonyl (C=O) groups excluding carboxylic acids is 1. The Hall–Kier alpha value is 0.350. The SMILES string of the molecule is O=C(NC(I)([I-]I)C(=O)O)c1ccccc1. The second kappa shape index (κ2) is 6.33. The summed E-state index contributed by atoms with van der Waals surface area (Å²) in [6, 6.07) is 8.59. The van der Waals surface area contributed by atoms with E-state index in [0.29, 0.717) is 5.56 Å². The molecule has 0 aliphatic rings. The molecule has 7 heteroatoms. The first kappa shape index (κ1) is 14.4. The van der Waals surface area contributed by atoms with Crippen molar-refractivity contribution in [3.05, 3.63) is 35.9 Å². The summed E-state index contributed by atoms with van der Waals surface area (Å²) in [6.07, 6.45) is 0. The molecule has 0 aliphatic carbocycles. The van der Waals surface area contributed by atoms with E-state index in [1.165, 1.54) is 0 Å². The van der Waals surface area contributed by atoms with Crippen LogP contribution in [0.1, 0.15) is 10.4 Å². The molecule has 0 saturated heterocycles. The fraction of sp³-hybridized carbons (Fsp3) is 0.111. The third kappa shape index (κ3) is 3.68. The van der Waals surface area contributed by atoms with Gasteiger partial charge in [-0.2, -0.15) is 0 Å². The number of carboxylic acid groups (broad SMARTS) is 1. The Morgan fingerprint density at radius 3 is 2.31 bits per heavy atom. The van der Waals surface area contributed by atoms with Gasteiger partial charge in [0.15, 0.2) is 0 Å². The summed E-state index contributed by atoms with van der Waals surface area (Å²) in [7, 11) is 0. The van der Waals surface area contributed by atoms with Crippen LogP contribution in [-0.2, 0) is 4.79 Å². The van der Waals surface area contributed by atoms with E-state index in [1.54, 1.807) is 52.9 Å². The average molecular weight is 558 g/mol. The van der Waals surface area contributed by atoms with Gasteiger partial charge < -0.3 is 0 Å². The van der Waals surface area contributed by atoms with E-state index in [4.69, 9.17) is 5.11 Å². The molecule has 1 amide bonds. The molecule has 0 aromatic heterocycles. The summed E-state index contributed by atoms with van der Waals surface area (Å²) in [4.78, 5) is 22.8. The standard InChI is InChI=1S/C9H7I3NO3/c10-9(12-11,8(15)16)13-7(14)6-4-2-1-3-5-6/h1-5H,(H,13,14)(H,15,16)/q-1. The third-order valence-electron chi connectivity index (χ3n) is 1.67. The molecule has 2 N–H and O–H groups in total. The molecule has 0 radical (unpaired) electrons. The molecule has 0 saturated carbocycles. The maximum atomic E-state index is 11.8. The van der Waals surface area contributed by atoms with Gasteiger partial charge in [-0.15, -0.1) is 0 Å². The molecule has 1 rings (SSSR count). The molecule has 88 valence electrons. The van der Waals surface area contributed by atoms with Crippen LogP contribution >= 0.6 is 41.2 Å². The van der Waals surface area contributed by atoms with Crippen molar-refractivity contribution >= 4 is 53.1 Å². The predicted molar refractivity (Wildman–Crippen MR) is 72.3 cm³/mol. The molecular weight excluding hydrogens is 551 g/mol. The molecule has 1 aromatic carbocycles. The van der Waals surface area contributed by atoms with Crippen molar-refractivity contribution in [2.24, 2.45) is 0 Å². The summed E-state index contributed by atoms with van der Waals surface area (Å²) in [6.45, 7) is 0. The van der Waals surface area contributed by atoms with E-state index in [2.05, 4.69) is 5.32 Å². The van der Waals surface area contributed by atoms with E-state index in [1.807, 2.05) is 18.6 Å². The summed E-state index contributed by atoms with van der Waals surface area (Å²) in [5.74, 6) is -1.35. The van der Waals surface area contributed by atoms with Gasteiger partial charge in [0, 0.05) is 0 Å². The normalized spacial score (nSPS) is 14.1. The fourth-order valence-electron chi connectivity index (χ4n) is 0.906. The Kier molecular flexibility index (Phi) is 5.70. The third-order valence-corrected chi connectivity index (χ3v) is 14.4. The van der Waals surface area contributed by atoms with Crippen molar-refractivity contribution in [2.45, 2.75) is 1.55 Å². The molecule has 1 unspecified atom stereocenters. The fourth-order valence-corrected chi connectivity index (χ4v) is 3.53. The average Bonchev–Trinajstić information content (AvgIpc) is 2.29. The number of amides is 1. The molecule has 1 atom stereocenters. The van der Waals surface area contributed by atoms with Crippen LogP contribution in [-0.4, -0.2) is 18.5 Å². The molecule has 0 fully saturated rings. The Morgan fingerprint density at radius 2 is 1.88 bits per heavy atom. The molecule has 0 bridgehead atoms. The van der Waals surface area contributed by atoms with Crippen molar-refractivity contribution in [1.82, 2.24) is 5.32 Å². The zero-order valence-electron chi connectivity index (χ0n) is 7.78. The van der Waals surface area contributed by atoms with Gasteiger partial charge in [0.05, 0.1) is 0 Å². The Labute approximate surface area is 126 Å². The van der Waals surface area contributed by atoms with Crippen LogP contribution in [0.3, 0.4) is 0 Å². The summed E-state index contributed by atoms with van der Waals surface area (Å²) in [5, 5.41) is 11.6. The van der Waals surface area contributed by atoms with Gasteiger partial charge in [-0.25, -0.2) is 0 Å². The summed E-state index contributed by atoms with van der Waals surface area (Å²) in [5.41, 5.74) is 0.471. The van der Waals surface area contributed by atoms with Gasteiger partial charge in [-0.3, -0.25) is 0 Å². The predicted octanol–water partition coefficient (Wildman–Crippen LogP) is -0.971. The topological polar surface area (TPSA) is 66.4 Å². The molecule has 0 heterocycles. The number of halogens is 3. The number of hydrogen-bond acceptors (Lipinski definition) is 2. The summed E-state index contributed by atoms with van der Waals surface area (Å²) < 4.78 is -1.15. The van der Waals surface area contributed by atoms with Crippen molar-refractivity contribution in [1.29, 1.82) is 0 Å². The van der Waals surface area contributed by atoms with E-state index in [-0.39, 0.29) is 5.91 Å². The number of carboxylic acids is 1. The Bertz CT molecular complexity index is 398. The number of aliphatic carboxylic acids is 1. The van der Waals surface area contributed by atoms with E-state index in [9.17, 15) is 9.59 Å². The van der Waals surface area contributed by atoms with Gasteiger partial charge in [-0.05, 0) is 0 Å². The summed E-state index contributed by atoms with van der Waals surface area (Å²) >= 11 is 3.14. The van der Waals surface area contributed by atoms with Gasteiger partial charge in [0.1, 0.15) is 0 Å². The number of rotatable bonds is 4. The monoisotopic (exact) mass is 558 g/mol. The molecule has 16 heavy (non-hydrogen) atoms. The molecule has 4 nitrogen and oxygen atoms in total. The van der Waals surface area contributed by atoms with Crippen LogP contribution < -0.4 is 22.5 Å². The molecular formula is C9H7I3NO3-. The van der Waals surface area contributed by atoms with Crippen molar-refractivity contribution in [3.63, 3.8) is 0 Å². The van der Waals surface area contributed by atoms with Crippen LogP contribution in [0.25, 0.3) is 0 Å². The first-order valence-corrected chi connectivity index (χ1v) is 12.5. The number of nitrogens with one attached hydrogen (secondary N) is 1. The minimum absolute atomic E-state index is 0.353. The van der Waals surface area contributed by atoms with E-state index in [0.717, 1.165) is 0 Å². The Balaban J connectivity index is 2.82. The zero-order chi connectivity index (χ0) is 12.2. The number of hydrogen-bond donors (Lipinski definition) is 2. The first-order valence-electron chi connectivity index (χ1n) is 4.06. The molecule has 0 spiro atoms. The van der Waals surface area contributed by atoms with E-state index < -0.39 is 24.8 Å². The second-order valence-electron chi connectivity index (χ2n) is 2.77.